The Balaban J connectivity index is 1.69. The zero-order valence-corrected chi connectivity index (χ0v) is 18.5. The van der Waals surface area contributed by atoms with Gasteiger partial charge in [-0.2, -0.15) is 5.26 Å². The second kappa shape index (κ2) is 9.55. The Bertz CT molecular complexity index is 1070. The van der Waals surface area contributed by atoms with Crippen molar-refractivity contribution < 1.29 is 14.0 Å². The number of rotatable bonds is 4. The summed E-state index contributed by atoms with van der Waals surface area (Å²) >= 11 is 1.23. The average molecular weight is 451 g/mol. The van der Waals surface area contributed by atoms with Crippen LogP contribution >= 0.6 is 11.8 Å². The summed E-state index contributed by atoms with van der Waals surface area (Å²) < 4.78 is 13.3. The summed E-state index contributed by atoms with van der Waals surface area (Å²) in [7, 11) is 1.99. The van der Waals surface area contributed by atoms with Crippen molar-refractivity contribution in [2.45, 2.75) is 11.7 Å². The fraction of sp³-hybridized carbons (Fsp3) is 0.292. The van der Waals surface area contributed by atoms with Crippen molar-refractivity contribution in [1.29, 1.82) is 5.26 Å². The van der Waals surface area contributed by atoms with E-state index in [-0.39, 0.29) is 23.2 Å². The second-order valence-corrected chi connectivity index (χ2v) is 9.03. The molecule has 32 heavy (non-hydrogen) atoms. The van der Waals surface area contributed by atoms with Gasteiger partial charge in [0.15, 0.2) is 0 Å². The highest BCUT2D eigenvalue weighted by Crippen LogP contribution is 2.42. The summed E-state index contributed by atoms with van der Waals surface area (Å²) in [5.41, 5.74) is 1.41. The number of carbonyl (C=O) groups excluding carboxylic acids is 2. The molecular weight excluding hydrogens is 427 g/mol. The van der Waals surface area contributed by atoms with E-state index < -0.39 is 5.25 Å². The molecule has 2 aromatic rings. The maximum absolute atomic E-state index is 13.4. The Morgan fingerprint density at radius 3 is 2.38 bits per heavy atom. The molecule has 2 heterocycles. The van der Waals surface area contributed by atoms with Gasteiger partial charge < -0.3 is 9.80 Å². The van der Waals surface area contributed by atoms with Crippen molar-refractivity contribution in [2.75, 3.05) is 38.1 Å². The molecule has 2 aromatic carbocycles. The number of carbonyl (C=O) groups is 2. The van der Waals surface area contributed by atoms with E-state index in [9.17, 15) is 19.2 Å². The number of hydrogen-bond donors (Lipinski definition) is 0. The summed E-state index contributed by atoms with van der Waals surface area (Å²) in [6.45, 7) is 2.55. The Labute approximate surface area is 190 Å². The first kappa shape index (κ1) is 22.1. The highest BCUT2D eigenvalue weighted by atomic mass is 32.2. The predicted molar refractivity (Wildman–Crippen MR) is 122 cm³/mol. The van der Waals surface area contributed by atoms with Crippen molar-refractivity contribution in [3.8, 4) is 6.07 Å². The third-order valence-electron chi connectivity index (χ3n) is 5.63. The summed E-state index contributed by atoms with van der Waals surface area (Å²) in [6.07, 6.45) is 0.373. The molecule has 2 aliphatic heterocycles. The zero-order chi connectivity index (χ0) is 22.7. The number of benzene rings is 2. The van der Waals surface area contributed by atoms with Crippen molar-refractivity contribution >= 4 is 29.3 Å². The van der Waals surface area contributed by atoms with Crippen LogP contribution in [0.25, 0.3) is 0 Å². The van der Waals surface area contributed by atoms with Crippen LogP contribution in [0, 0.1) is 17.1 Å². The van der Waals surface area contributed by atoms with Gasteiger partial charge in [0.05, 0.1) is 5.25 Å². The standard InChI is InChI=1S/C24H23FN4O2S/c1-27-11-13-28(14-12-27)22(30)20(16-26)24-29(19-5-3-2-4-6-19)23(31)21(32-24)15-17-7-9-18(25)10-8-17/h2-10,21H,11-15H2,1H3/b24-20-/t21-/m1/s1. The summed E-state index contributed by atoms with van der Waals surface area (Å²) in [5, 5.41) is 9.78. The fourth-order valence-electron chi connectivity index (χ4n) is 3.79. The lowest BCUT2D eigenvalue weighted by Gasteiger charge is -2.32. The summed E-state index contributed by atoms with van der Waals surface area (Å²) in [5.74, 6) is -0.881. The third-order valence-corrected chi connectivity index (χ3v) is 6.89. The van der Waals surface area contributed by atoms with Gasteiger partial charge in [-0.15, -0.1) is 0 Å². The summed E-state index contributed by atoms with van der Waals surface area (Å²) in [6, 6.07) is 17.1. The van der Waals surface area contributed by atoms with E-state index in [4.69, 9.17) is 0 Å². The number of para-hydroxylation sites is 1. The molecule has 2 saturated heterocycles. The number of nitrogens with zero attached hydrogens (tertiary/aromatic N) is 4. The highest BCUT2D eigenvalue weighted by Gasteiger charge is 2.41. The lowest BCUT2D eigenvalue weighted by Crippen LogP contribution is -2.47. The molecule has 164 valence electrons. The molecule has 0 spiro atoms. The zero-order valence-electron chi connectivity index (χ0n) is 17.7. The van der Waals surface area contributed by atoms with E-state index in [1.807, 2.05) is 25.2 Å². The monoisotopic (exact) mass is 450 g/mol. The Kier molecular flexibility index (Phi) is 6.58. The fourth-order valence-corrected chi connectivity index (χ4v) is 5.10. The van der Waals surface area contributed by atoms with E-state index >= 15 is 0 Å². The van der Waals surface area contributed by atoms with Gasteiger partial charge in [-0.1, -0.05) is 42.1 Å². The number of piperazine rings is 1. The van der Waals surface area contributed by atoms with Crippen LogP contribution in [0.1, 0.15) is 5.56 Å². The number of anilines is 1. The Morgan fingerprint density at radius 1 is 1.09 bits per heavy atom. The molecule has 0 saturated carbocycles. The van der Waals surface area contributed by atoms with Crippen molar-refractivity contribution in [3.05, 3.63) is 76.6 Å². The van der Waals surface area contributed by atoms with Crippen molar-refractivity contribution in [1.82, 2.24) is 9.80 Å². The largest absolute Gasteiger partial charge is 0.335 e. The molecule has 0 aliphatic carbocycles. The molecule has 0 bridgehead atoms. The van der Waals surface area contributed by atoms with Crippen LogP contribution in [0.15, 0.2) is 65.2 Å². The Morgan fingerprint density at radius 2 is 1.75 bits per heavy atom. The average Bonchev–Trinajstić information content (AvgIpc) is 3.12. The summed E-state index contributed by atoms with van der Waals surface area (Å²) in [4.78, 5) is 31.9. The maximum Gasteiger partial charge on any atom is 0.267 e. The molecule has 1 atom stereocenters. The topological polar surface area (TPSA) is 67.6 Å². The predicted octanol–water partition coefficient (Wildman–Crippen LogP) is 3.03. The van der Waals surface area contributed by atoms with Gasteiger partial charge in [0, 0.05) is 31.9 Å². The second-order valence-electron chi connectivity index (χ2n) is 7.83. The first-order valence-electron chi connectivity index (χ1n) is 10.4. The van der Waals surface area contributed by atoms with Crippen molar-refractivity contribution in [3.63, 3.8) is 0 Å². The molecule has 0 radical (unpaired) electrons. The van der Waals surface area contributed by atoms with Gasteiger partial charge in [-0.05, 0) is 43.3 Å². The molecule has 0 aromatic heterocycles. The maximum atomic E-state index is 13.4. The van der Waals surface area contributed by atoms with Gasteiger partial charge in [0.1, 0.15) is 22.5 Å². The number of likely N-dealkylation sites (N-methyl/N-ethyl adjacent to an activating group) is 1. The third kappa shape index (κ3) is 4.54. The van der Waals surface area contributed by atoms with Crippen LogP contribution in [-0.2, 0) is 16.0 Å². The molecule has 0 unspecified atom stereocenters. The molecule has 0 N–H and O–H groups in total. The minimum atomic E-state index is -0.515. The van der Waals surface area contributed by atoms with Crippen molar-refractivity contribution in [2.24, 2.45) is 0 Å². The van der Waals surface area contributed by atoms with E-state index in [0.717, 1.165) is 18.7 Å². The minimum absolute atomic E-state index is 0.0154. The van der Waals surface area contributed by atoms with Gasteiger partial charge in [-0.25, -0.2) is 4.39 Å². The van der Waals surface area contributed by atoms with E-state index in [1.54, 1.807) is 29.2 Å². The van der Waals surface area contributed by atoms with Gasteiger partial charge in [0.25, 0.3) is 5.91 Å². The van der Waals surface area contributed by atoms with Crippen LogP contribution in [0.4, 0.5) is 10.1 Å². The van der Waals surface area contributed by atoms with E-state index in [0.29, 0.717) is 30.2 Å². The number of nitriles is 1. The Hall–Kier alpha value is -3.15. The van der Waals surface area contributed by atoms with Crippen LogP contribution in [0.5, 0.6) is 0 Å². The minimum Gasteiger partial charge on any atom is -0.335 e. The number of hydrogen-bond acceptors (Lipinski definition) is 5. The first-order valence-corrected chi connectivity index (χ1v) is 11.3. The van der Waals surface area contributed by atoms with Gasteiger partial charge >= 0.3 is 0 Å². The SMILES string of the molecule is CN1CCN(C(=O)/C(C#N)=C2\S[C@H](Cc3ccc(F)cc3)C(=O)N2c2ccccc2)CC1. The van der Waals surface area contributed by atoms with E-state index in [1.165, 1.54) is 28.8 Å². The number of amides is 2. The van der Waals surface area contributed by atoms with Crippen LogP contribution in [0.2, 0.25) is 0 Å². The molecule has 6 nitrogen and oxygen atoms in total. The molecule has 8 heteroatoms. The van der Waals surface area contributed by atoms with Gasteiger partial charge in [0.2, 0.25) is 5.91 Å². The molecule has 2 amide bonds. The lowest BCUT2D eigenvalue weighted by molar-refractivity contribution is -0.128. The highest BCUT2D eigenvalue weighted by molar-refractivity contribution is 8.05. The van der Waals surface area contributed by atoms with Crippen LogP contribution in [0.3, 0.4) is 0 Å². The van der Waals surface area contributed by atoms with Gasteiger partial charge in [-0.3, -0.25) is 14.5 Å². The lowest BCUT2D eigenvalue weighted by atomic mass is 10.1. The normalized spacial score (nSPS) is 20.9. The molecule has 2 fully saturated rings. The molecular formula is C24H23FN4O2S. The van der Waals surface area contributed by atoms with Crippen LogP contribution < -0.4 is 4.90 Å². The van der Waals surface area contributed by atoms with E-state index in [2.05, 4.69) is 11.0 Å². The molecule has 4 rings (SSSR count). The van der Waals surface area contributed by atoms with Crippen LogP contribution in [-0.4, -0.2) is 60.1 Å². The quantitative estimate of drug-likeness (QED) is 0.529. The number of thioether (sulfide) groups is 1. The smallest absolute Gasteiger partial charge is 0.267 e. The molecule has 2 aliphatic rings. The number of halogens is 1. The first-order chi connectivity index (χ1) is 15.5.